The van der Waals surface area contributed by atoms with Gasteiger partial charge < -0.3 is 0 Å². The van der Waals surface area contributed by atoms with Gasteiger partial charge in [-0.2, -0.15) is 0 Å². The van der Waals surface area contributed by atoms with Gasteiger partial charge in [0.25, 0.3) is 0 Å². The zero-order chi connectivity index (χ0) is 9.97. The van der Waals surface area contributed by atoms with E-state index in [0.29, 0.717) is 4.83 Å². The van der Waals surface area contributed by atoms with E-state index in [9.17, 15) is 0 Å². The van der Waals surface area contributed by atoms with E-state index in [4.69, 9.17) is 0 Å². The topological polar surface area (TPSA) is 0 Å². The third-order valence-corrected chi connectivity index (χ3v) is 4.32. The summed E-state index contributed by atoms with van der Waals surface area (Å²) in [5.74, 6) is 0. The molecular formula is C12H13BrS. The molecule has 0 aliphatic carbocycles. The Morgan fingerprint density at radius 3 is 2.93 bits per heavy atom. The minimum absolute atomic E-state index is 0.517. The van der Waals surface area contributed by atoms with E-state index >= 15 is 0 Å². The summed E-state index contributed by atoms with van der Waals surface area (Å²) in [7, 11) is 0. The van der Waals surface area contributed by atoms with Crippen LogP contribution in [0, 0.1) is 0 Å². The predicted molar refractivity (Wildman–Crippen MR) is 68.4 cm³/mol. The summed E-state index contributed by atoms with van der Waals surface area (Å²) < 4.78 is 1.39. The molecule has 0 saturated carbocycles. The van der Waals surface area contributed by atoms with Gasteiger partial charge in [-0.05, 0) is 28.8 Å². The summed E-state index contributed by atoms with van der Waals surface area (Å²) >= 11 is 5.59. The summed E-state index contributed by atoms with van der Waals surface area (Å²) in [5, 5.41) is 3.69. The van der Waals surface area contributed by atoms with E-state index in [2.05, 4.69) is 52.5 Å². The van der Waals surface area contributed by atoms with Crippen LogP contribution in [0.4, 0.5) is 0 Å². The Morgan fingerprint density at radius 2 is 2.14 bits per heavy atom. The molecule has 2 rings (SSSR count). The minimum atomic E-state index is 0.517. The van der Waals surface area contributed by atoms with Crippen LogP contribution in [0.5, 0.6) is 0 Å². The van der Waals surface area contributed by atoms with E-state index in [1.54, 1.807) is 0 Å². The fourth-order valence-corrected chi connectivity index (χ4v) is 3.68. The van der Waals surface area contributed by atoms with Crippen LogP contribution in [-0.4, -0.2) is 0 Å². The Labute approximate surface area is 97.1 Å². The minimum Gasteiger partial charge on any atom is -0.143 e. The van der Waals surface area contributed by atoms with E-state index in [1.807, 2.05) is 11.3 Å². The molecule has 0 spiro atoms. The summed E-state index contributed by atoms with van der Waals surface area (Å²) in [5.41, 5.74) is 1.45. The average Bonchev–Trinajstić information content (AvgIpc) is 2.61. The number of fused-ring (bicyclic) bond motifs is 1. The fourth-order valence-electron chi connectivity index (χ4n) is 1.65. The van der Waals surface area contributed by atoms with Crippen LogP contribution >= 0.6 is 27.3 Å². The van der Waals surface area contributed by atoms with Gasteiger partial charge in [0, 0.05) is 9.53 Å². The van der Waals surface area contributed by atoms with Crippen molar-refractivity contribution in [2.24, 2.45) is 0 Å². The summed E-state index contributed by atoms with van der Waals surface area (Å²) in [6.45, 7) is 2.23. The number of thiophene rings is 1. The maximum atomic E-state index is 3.75. The van der Waals surface area contributed by atoms with Gasteiger partial charge in [0.2, 0.25) is 0 Å². The first kappa shape index (κ1) is 10.2. The summed E-state index contributed by atoms with van der Waals surface area (Å²) in [4.78, 5) is 0.517. The molecule has 0 N–H and O–H groups in total. The molecule has 1 atom stereocenters. The maximum absolute atomic E-state index is 3.75. The van der Waals surface area contributed by atoms with E-state index < -0.39 is 0 Å². The molecule has 0 nitrogen and oxygen atoms in total. The van der Waals surface area contributed by atoms with Gasteiger partial charge in [0.15, 0.2) is 0 Å². The van der Waals surface area contributed by atoms with Crippen LogP contribution < -0.4 is 0 Å². The number of alkyl halides is 1. The van der Waals surface area contributed by atoms with Crippen molar-refractivity contribution in [3.8, 4) is 0 Å². The Hall–Kier alpha value is -0.340. The first-order valence-electron chi connectivity index (χ1n) is 4.93. The highest BCUT2D eigenvalue weighted by Crippen LogP contribution is 2.36. The SMILES string of the molecule is CCCC(Br)c1csc2ccccc12. The van der Waals surface area contributed by atoms with Crippen molar-refractivity contribution in [2.75, 3.05) is 0 Å². The Morgan fingerprint density at radius 1 is 1.36 bits per heavy atom. The molecule has 0 radical (unpaired) electrons. The van der Waals surface area contributed by atoms with Crippen molar-refractivity contribution in [1.29, 1.82) is 0 Å². The highest BCUT2D eigenvalue weighted by atomic mass is 79.9. The standard InChI is InChI=1S/C12H13BrS/c1-2-5-11(13)10-8-14-12-7-4-3-6-9(10)12/h3-4,6-8,11H,2,5H2,1H3. The molecule has 0 aliphatic heterocycles. The molecule has 1 unspecified atom stereocenters. The number of hydrogen-bond donors (Lipinski definition) is 0. The summed E-state index contributed by atoms with van der Waals surface area (Å²) in [6, 6.07) is 8.62. The quantitative estimate of drug-likeness (QED) is 0.677. The highest BCUT2D eigenvalue weighted by molar-refractivity contribution is 9.09. The number of hydrogen-bond acceptors (Lipinski definition) is 1. The van der Waals surface area contributed by atoms with Gasteiger partial charge in [-0.25, -0.2) is 0 Å². The average molecular weight is 269 g/mol. The lowest BCUT2D eigenvalue weighted by Gasteiger charge is -2.06. The lowest BCUT2D eigenvalue weighted by molar-refractivity contribution is 0.794. The predicted octanol–water partition coefficient (Wildman–Crippen LogP) is 5.14. The van der Waals surface area contributed by atoms with Gasteiger partial charge in [-0.1, -0.05) is 47.5 Å². The van der Waals surface area contributed by atoms with Crippen LogP contribution in [0.2, 0.25) is 0 Å². The Kier molecular flexibility index (Phi) is 3.24. The second kappa shape index (κ2) is 4.45. The monoisotopic (exact) mass is 268 g/mol. The first-order chi connectivity index (χ1) is 6.83. The highest BCUT2D eigenvalue weighted by Gasteiger charge is 2.11. The Bertz CT molecular complexity index is 419. The van der Waals surface area contributed by atoms with Crippen LogP contribution in [-0.2, 0) is 0 Å². The molecular weight excluding hydrogens is 256 g/mol. The molecule has 2 aromatic rings. The molecule has 0 bridgehead atoms. The van der Waals surface area contributed by atoms with E-state index in [1.165, 1.54) is 28.5 Å². The lowest BCUT2D eigenvalue weighted by Crippen LogP contribution is -1.86. The third kappa shape index (κ3) is 1.86. The molecule has 0 aliphatic rings. The van der Waals surface area contributed by atoms with Crippen LogP contribution in [0.3, 0.4) is 0 Å². The molecule has 2 heteroatoms. The molecule has 0 saturated heterocycles. The maximum Gasteiger partial charge on any atom is 0.0409 e. The molecule has 14 heavy (non-hydrogen) atoms. The van der Waals surface area contributed by atoms with Crippen molar-refractivity contribution in [3.63, 3.8) is 0 Å². The molecule has 1 heterocycles. The van der Waals surface area contributed by atoms with Gasteiger partial charge in [0.1, 0.15) is 0 Å². The van der Waals surface area contributed by atoms with Crippen molar-refractivity contribution >= 4 is 37.4 Å². The molecule has 0 amide bonds. The second-order valence-electron chi connectivity index (χ2n) is 3.44. The Balaban J connectivity index is 2.42. The van der Waals surface area contributed by atoms with Crippen molar-refractivity contribution in [3.05, 3.63) is 35.2 Å². The molecule has 1 aromatic heterocycles. The zero-order valence-electron chi connectivity index (χ0n) is 8.16. The van der Waals surface area contributed by atoms with Crippen LogP contribution in [0.1, 0.15) is 30.2 Å². The molecule has 74 valence electrons. The molecule has 1 aromatic carbocycles. The first-order valence-corrected chi connectivity index (χ1v) is 6.72. The third-order valence-electron chi connectivity index (χ3n) is 2.39. The van der Waals surface area contributed by atoms with E-state index in [-0.39, 0.29) is 0 Å². The van der Waals surface area contributed by atoms with Gasteiger partial charge >= 0.3 is 0 Å². The fraction of sp³-hybridized carbons (Fsp3) is 0.333. The van der Waals surface area contributed by atoms with Gasteiger partial charge in [-0.3, -0.25) is 0 Å². The summed E-state index contributed by atoms with van der Waals surface area (Å²) in [6.07, 6.45) is 2.43. The van der Waals surface area contributed by atoms with Crippen molar-refractivity contribution in [1.82, 2.24) is 0 Å². The molecule has 0 fully saturated rings. The van der Waals surface area contributed by atoms with E-state index in [0.717, 1.165) is 0 Å². The smallest absolute Gasteiger partial charge is 0.0409 e. The number of rotatable bonds is 3. The van der Waals surface area contributed by atoms with Crippen molar-refractivity contribution < 1.29 is 0 Å². The largest absolute Gasteiger partial charge is 0.143 e. The van der Waals surface area contributed by atoms with Gasteiger partial charge in [-0.15, -0.1) is 11.3 Å². The lowest BCUT2D eigenvalue weighted by atomic mass is 10.1. The van der Waals surface area contributed by atoms with Gasteiger partial charge in [0.05, 0.1) is 0 Å². The number of halogens is 1. The normalized spacial score (nSPS) is 13.3. The number of benzene rings is 1. The van der Waals surface area contributed by atoms with Crippen LogP contribution in [0.15, 0.2) is 29.6 Å². The van der Waals surface area contributed by atoms with Crippen LogP contribution in [0.25, 0.3) is 10.1 Å². The zero-order valence-corrected chi connectivity index (χ0v) is 10.6. The second-order valence-corrected chi connectivity index (χ2v) is 5.46. The van der Waals surface area contributed by atoms with Crippen molar-refractivity contribution in [2.45, 2.75) is 24.6 Å².